The number of hydrogen-bond acceptors (Lipinski definition) is 3. The fraction of sp³-hybridized carbons (Fsp3) is 0.471. The van der Waals surface area contributed by atoms with Crippen LogP contribution in [0.15, 0.2) is 30.3 Å². The predicted molar refractivity (Wildman–Crippen MR) is 83.9 cm³/mol. The Morgan fingerprint density at radius 2 is 1.85 bits per heavy atom. The highest BCUT2D eigenvalue weighted by Gasteiger charge is 2.15. The van der Waals surface area contributed by atoms with Crippen molar-refractivity contribution in [2.24, 2.45) is 0 Å². The summed E-state index contributed by atoms with van der Waals surface area (Å²) in [6.45, 7) is 8.89. The summed E-state index contributed by atoms with van der Waals surface area (Å²) in [7, 11) is 0. The zero-order valence-corrected chi connectivity index (χ0v) is 12.6. The van der Waals surface area contributed by atoms with E-state index in [9.17, 15) is 5.11 Å². The van der Waals surface area contributed by atoms with Crippen molar-refractivity contribution in [3.8, 4) is 0 Å². The summed E-state index contributed by atoms with van der Waals surface area (Å²) in [5, 5.41) is 11.6. The maximum atomic E-state index is 10.5. The molecule has 0 fully saturated rings. The summed E-state index contributed by atoms with van der Waals surface area (Å²) < 4.78 is 0. The van der Waals surface area contributed by atoms with E-state index in [-0.39, 0.29) is 0 Å². The number of hydrogen-bond donors (Lipinski definition) is 1. The van der Waals surface area contributed by atoms with Crippen LogP contribution in [-0.2, 0) is 6.42 Å². The van der Waals surface area contributed by atoms with Crippen LogP contribution < -0.4 is 0 Å². The van der Waals surface area contributed by atoms with Crippen molar-refractivity contribution < 1.29 is 5.11 Å². The van der Waals surface area contributed by atoms with Gasteiger partial charge in [0, 0.05) is 23.2 Å². The summed E-state index contributed by atoms with van der Waals surface area (Å²) in [5.41, 5.74) is 2.94. The summed E-state index contributed by atoms with van der Waals surface area (Å²) in [4.78, 5) is 6.92. The van der Waals surface area contributed by atoms with Gasteiger partial charge < -0.3 is 10.0 Å². The van der Waals surface area contributed by atoms with Crippen LogP contribution in [-0.4, -0.2) is 34.6 Å². The van der Waals surface area contributed by atoms with Crippen LogP contribution in [0.3, 0.4) is 0 Å². The molecule has 1 heterocycles. The Morgan fingerprint density at radius 3 is 2.50 bits per heavy atom. The van der Waals surface area contributed by atoms with E-state index in [1.54, 1.807) is 0 Å². The highest BCUT2D eigenvalue weighted by atomic mass is 16.3. The van der Waals surface area contributed by atoms with Gasteiger partial charge >= 0.3 is 0 Å². The van der Waals surface area contributed by atoms with Crippen molar-refractivity contribution in [2.45, 2.75) is 33.3 Å². The van der Waals surface area contributed by atoms with Crippen LogP contribution in [0.5, 0.6) is 0 Å². The third-order valence-corrected chi connectivity index (χ3v) is 3.86. The molecule has 0 spiro atoms. The van der Waals surface area contributed by atoms with Crippen molar-refractivity contribution in [1.29, 1.82) is 0 Å². The minimum atomic E-state index is -0.488. The highest BCUT2D eigenvalue weighted by molar-refractivity contribution is 5.82. The van der Waals surface area contributed by atoms with Gasteiger partial charge in [0.15, 0.2) is 0 Å². The van der Waals surface area contributed by atoms with Crippen LogP contribution in [0.4, 0.5) is 0 Å². The van der Waals surface area contributed by atoms with E-state index in [1.807, 2.05) is 12.1 Å². The molecular weight excluding hydrogens is 248 g/mol. The third-order valence-electron chi connectivity index (χ3n) is 3.86. The Labute approximate surface area is 121 Å². The summed E-state index contributed by atoms with van der Waals surface area (Å²) in [5.74, 6) is 0. The van der Waals surface area contributed by atoms with Gasteiger partial charge in [-0.3, -0.25) is 4.98 Å². The highest BCUT2D eigenvalue weighted by Crippen LogP contribution is 2.24. The molecule has 0 saturated heterocycles. The Kier molecular flexibility index (Phi) is 5.10. The molecule has 0 amide bonds. The topological polar surface area (TPSA) is 36.4 Å². The molecule has 3 nitrogen and oxygen atoms in total. The number of rotatable bonds is 6. The van der Waals surface area contributed by atoms with Crippen LogP contribution in [0.25, 0.3) is 10.9 Å². The lowest BCUT2D eigenvalue weighted by Gasteiger charge is -2.22. The SMILES string of the molecule is CCc1ccc2cccc(C(O)CN(CC)CC)c2n1. The van der Waals surface area contributed by atoms with Gasteiger partial charge in [0.1, 0.15) is 0 Å². The van der Waals surface area contributed by atoms with Gasteiger partial charge in [0.25, 0.3) is 0 Å². The number of aliphatic hydroxyl groups is 1. The molecule has 2 rings (SSSR count). The van der Waals surface area contributed by atoms with Gasteiger partial charge in [0.05, 0.1) is 11.6 Å². The third kappa shape index (κ3) is 3.17. The van der Waals surface area contributed by atoms with Gasteiger partial charge in [-0.25, -0.2) is 0 Å². The number of nitrogens with zero attached hydrogens (tertiary/aromatic N) is 2. The Hall–Kier alpha value is -1.45. The second-order valence-electron chi connectivity index (χ2n) is 5.08. The zero-order valence-electron chi connectivity index (χ0n) is 12.6. The van der Waals surface area contributed by atoms with Crippen molar-refractivity contribution in [2.75, 3.05) is 19.6 Å². The molecule has 1 unspecified atom stereocenters. The molecule has 1 N–H and O–H groups in total. The lowest BCUT2D eigenvalue weighted by atomic mass is 10.0. The molecule has 2 aromatic rings. The van der Waals surface area contributed by atoms with Gasteiger partial charge in [-0.2, -0.15) is 0 Å². The van der Waals surface area contributed by atoms with E-state index >= 15 is 0 Å². The Morgan fingerprint density at radius 1 is 1.10 bits per heavy atom. The van der Waals surface area contributed by atoms with E-state index in [1.165, 1.54) is 0 Å². The molecule has 0 bridgehead atoms. The molecular formula is C17H24N2O. The summed E-state index contributed by atoms with van der Waals surface area (Å²) in [6.07, 6.45) is 0.425. The average molecular weight is 272 g/mol. The fourth-order valence-electron chi connectivity index (χ4n) is 2.50. The maximum Gasteiger partial charge on any atom is 0.0937 e. The second kappa shape index (κ2) is 6.82. The molecule has 0 aliphatic carbocycles. The van der Waals surface area contributed by atoms with Crippen molar-refractivity contribution in [3.05, 3.63) is 41.6 Å². The van der Waals surface area contributed by atoms with E-state index < -0.39 is 6.10 Å². The first-order valence-electron chi connectivity index (χ1n) is 7.48. The molecule has 1 atom stereocenters. The van der Waals surface area contributed by atoms with E-state index in [2.05, 4.69) is 43.9 Å². The normalized spacial score (nSPS) is 13.1. The van der Waals surface area contributed by atoms with E-state index in [0.717, 1.165) is 41.7 Å². The fourth-order valence-corrected chi connectivity index (χ4v) is 2.50. The van der Waals surface area contributed by atoms with Gasteiger partial charge in [-0.1, -0.05) is 45.0 Å². The first-order valence-corrected chi connectivity index (χ1v) is 7.48. The monoisotopic (exact) mass is 272 g/mol. The van der Waals surface area contributed by atoms with E-state index in [4.69, 9.17) is 4.98 Å². The van der Waals surface area contributed by atoms with Crippen LogP contribution in [0, 0.1) is 0 Å². The molecule has 1 aromatic heterocycles. The number of fused-ring (bicyclic) bond motifs is 1. The number of aryl methyl sites for hydroxylation is 1. The van der Waals surface area contributed by atoms with Gasteiger partial charge in [0.2, 0.25) is 0 Å². The van der Waals surface area contributed by atoms with Crippen LogP contribution in [0.2, 0.25) is 0 Å². The standard InChI is InChI=1S/C17H24N2O/c1-4-14-11-10-13-8-7-9-15(17(13)18-14)16(20)12-19(5-2)6-3/h7-11,16,20H,4-6,12H2,1-3H3. The quantitative estimate of drug-likeness (QED) is 0.877. The first kappa shape index (κ1) is 14.9. The predicted octanol–water partition coefficient (Wildman–Crippen LogP) is 3.17. The number of benzene rings is 1. The Bertz CT molecular complexity index is 564. The first-order chi connectivity index (χ1) is 9.69. The number of pyridine rings is 1. The molecule has 0 aliphatic heterocycles. The van der Waals surface area contributed by atoms with Gasteiger partial charge in [-0.15, -0.1) is 0 Å². The number of para-hydroxylation sites is 1. The van der Waals surface area contributed by atoms with Crippen LogP contribution >= 0.6 is 0 Å². The minimum absolute atomic E-state index is 0.488. The Balaban J connectivity index is 2.37. The summed E-state index contributed by atoms with van der Waals surface area (Å²) in [6, 6.07) is 10.2. The van der Waals surface area contributed by atoms with Crippen LogP contribution in [0.1, 0.15) is 38.1 Å². The molecule has 1 aromatic carbocycles. The maximum absolute atomic E-state index is 10.5. The van der Waals surface area contributed by atoms with E-state index in [0.29, 0.717) is 6.54 Å². The molecule has 0 aliphatic rings. The van der Waals surface area contributed by atoms with Crippen molar-refractivity contribution in [3.63, 3.8) is 0 Å². The largest absolute Gasteiger partial charge is 0.387 e. The summed E-state index contributed by atoms with van der Waals surface area (Å²) >= 11 is 0. The number of aliphatic hydroxyl groups excluding tert-OH is 1. The van der Waals surface area contributed by atoms with Crippen molar-refractivity contribution >= 4 is 10.9 Å². The van der Waals surface area contributed by atoms with Crippen molar-refractivity contribution in [1.82, 2.24) is 9.88 Å². The average Bonchev–Trinajstić information content (AvgIpc) is 2.51. The lowest BCUT2D eigenvalue weighted by molar-refractivity contribution is 0.120. The molecule has 108 valence electrons. The molecule has 3 heteroatoms. The molecule has 0 saturated carbocycles. The zero-order chi connectivity index (χ0) is 14.5. The molecule has 0 radical (unpaired) electrons. The minimum Gasteiger partial charge on any atom is -0.387 e. The number of likely N-dealkylation sites (N-methyl/N-ethyl adjacent to an activating group) is 1. The lowest BCUT2D eigenvalue weighted by Crippen LogP contribution is -2.28. The number of aromatic nitrogens is 1. The molecule has 20 heavy (non-hydrogen) atoms. The van der Waals surface area contributed by atoms with Gasteiger partial charge in [-0.05, 0) is 25.6 Å². The second-order valence-corrected chi connectivity index (χ2v) is 5.08. The smallest absolute Gasteiger partial charge is 0.0937 e.